The molecule has 1 aliphatic rings. The Labute approximate surface area is 132 Å². The van der Waals surface area contributed by atoms with Crippen LogP contribution in [0.5, 0.6) is 0 Å². The van der Waals surface area contributed by atoms with Crippen molar-refractivity contribution in [2.24, 2.45) is 0 Å². The van der Waals surface area contributed by atoms with Crippen molar-refractivity contribution in [1.82, 2.24) is 4.98 Å². The van der Waals surface area contributed by atoms with Crippen LogP contribution in [0.3, 0.4) is 0 Å². The Morgan fingerprint density at radius 2 is 2.17 bits per heavy atom. The number of nitrogens with zero attached hydrogens (tertiary/aromatic N) is 1. The summed E-state index contributed by atoms with van der Waals surface area (Å²) in [4.78, 5) is 27.2. The monoisotopic (exact) mass is 312 g/mol. The summed E-state index contributed by atoms with van der Waals surface area (Å²) in [5.74, 6) is -0.770. The van der Waals surface area contributed by atoms with Crippen molar-refractivity contribution in [2.45, 2.75) is 18.8 Å². The quantitative estimate of drug-likeness (QED) is 0.804. The van der Waals surface area contributed by atoms with E-state index in [0.717, 1.165) is 16.7 Å². The number of hydrogen-bond donors (Lipinski definition) is 3. The van der Waals surface area contributed by atoms with Gasteiger partial charge in [0.05, 0.1) is 5.56 Å². The molecule has 0 radical (unpaired) electrons. The van der Waals surface area contributed by atoms with Crippen LogP contribution in [0.25, 0.3) is 11.1 Å². The molecule has 1 amide bonds. The lowest BCUT2D eigenvalue weighted by molar-refractivity contribution is -0.116. The highest BCUT2D eigenvalue weighted by Crippen LogP contribution is 2.40. The molecule has 0 aliphatic carbocycles. The van der Waals surface area contributed by atoms with Gasteiger partial charge in [-0.1, -0.05) is 12.1 Å². The van der Waals surface area contributed by atoms with Crippen LogP contribution < -0.4 is 5.32 Å². The second-order valence-electron chi connectivity index (χ2n) is 5.47. The number of anilines is 1. The van der Waals surface area contributed by atoms with E-state index in [9.17, 15) is 14.7 Å². The summed E-state index contributed by atoms with van der Waals surface area (Å²) >= 11 is 0. The van der Waals surface area contributed by atoms with E-state index in [1.165, 1.54) is 6.07 Å². The van der Waals surface area contributed by atoms with Gasteiger partial charge in [0.25, 0.3) is 0 Å². The smallest absolute Gasteiger partial charge is 0.335 e. The molecule has 2 aromatic rings. The predicted octanol–water partition coefficient (Wildman–Crippen LogP) is 2.25. The highest BCUT2D eigenvalue weighted by molar-refractivity contribution is 5.96. The number of aromatic carboxylic acids is 1. The molecule has 118 valence electrons. The highest BCUT2D eigenvalue weighted by Gasteiger charge is 2.28. The fraction of sp³-hybridized carbons (Fsp3) is 0.235. The SMILES string of the molecule is O=C1CC(CCO)c2c(-c3cccc(C(=O)O)c3)ccnc2N1. The van der Waals surface area contributed by atoms with E-state index >= 15 is 0 Å². The Morgan fingerprint density at radius 1 is 1.35 bits per heavy atom. The van der Waals surface area contributed by atoms with E-state index in [-0.39, 0.29) is 30.4 Å². The minimum absolute atomic E-state index is 0.0269. The molecule has 2 heterocycles. The Hall–Kier alpha value is -2.73. The normalized spacial score (nSPS) is 16.6. The van der Waals surface area contributed by atoms with E-state index in [4.69, 9.17) is 5.11 Å². The number of amides is 1. The summed E-state index contributed by atoms with van der Waals surface area (Å²) in [6.07, 6.45) is 2.33. The maximum Gasteiger partial charge on any atom is 0.335 e. The zero-order valence-electron chi connectivity index (χ0n) is 12.3. The van der Waals surface area contributed by atoms with Gasteiger partial charge in [-0.15, -0.1) is 0 Å². The van der Waals surface area contributed by atoms with Crippen molar-refractivity contribution in [3.05, 3.63) is 47.7 Å². The van der Waals surface area contributed by atoms with Gasteiger partial charge >= 0.3 is 5.97 Å². The van der Waals surface area contributed by atoms with Gasteiger partial charge in [-0.05, 0) is 41.7 Å². The molecular weight excluding hydrogens is 296 g/mol. The number of hydrogen-bond acceptors (Lipinski definition) is 4. The molecule has 0 fully saturated rings. The van der Waals surface area contributed by atoms with Gasteiger partial charge in [-0.25, -0.2) is 9.78 Å². The molecule has 3 N–H and O–H groups in total. The maximum absolute atomic E-state index is 11.8. The van der Waals surface area contributed by atoms with Crippen molar-refractivity contribution in [3.8, 4) is 11.1 Å². The molecule has 6 heteroatoms. The number of aliphatic hydroxyl groups excluding tert-OH is 1. The van der Waals surface area contributed by atoms with Crippen LogP contribution in [0, 0.1) is 0 Å². The number of pyridine rings is 1. The first-order valence-corrected chi connectivity index (χ1v) is 7.33. The Bertz CT molecular complexity index is 773. The second-order valence-corrected chi connectivity index (χ2v) is 5.47. The van der Waals surface area contributed by atoms with Gasteiger partial charge in [0, 0.05) is 24.8 Å². The van der Waals surface area contributed by atoms with Crippen molar-refractivity contribution in [1.29, 1.82) is 0 Å². The molecule has 1 aromatic heterocycles. The van der Waals surface area contributed by atoms with Gasteiger partial charge in [-0.3, -0.25) is 4.79 Å². The number of carboxylic acid groups (broad SMARTS) is 1. The van der Waals surface area contributed by atoms with Gasteiger partial charge in [-0.2, -0.15) is 0 Å². The molecular formula is C17H16N2O4. The number of aliphatic hydroxyl groups is 1. The third-order valence-corrected chi connectivity index (χ3v) is 3.99. The molecule has 1 aromatic carbocycles. The lowest BCUT2D eigenvalue weighted by Gasteiger charge is -2.26. The average molecular weight is 312 g/mol. The lowest BCUT2D eigenvalue weighted by atomic mass is 9.84. The van der Waals surface area contributed by atoms with E-state index in [0.29, 0.717) is 12.2 Å². The highest BCUT2D eigenvalue weighted by atomic mass is 16.4. The third-order valence-electron chi connectivity index (χ3n) is 3.99. The second kappa shape index (κ2) is 6.18. The van der Waals surface area contributed by atoms with Crippen LogP contribution in [0.2, 0.25) is 0 Å². The average Bonchev–Trinajstić information content (AvgIpc) is 2.54. The van der Waals surface area contributed by atoms with Gasteiger partial charge in [0.1, 0.15) is 5.82 Å². The number of nitrogens with one attached hydrogen (secondary N) is 1. The summed E-state index contributed by atoms with van der Waals surface area (Å²) < 4.78 is 0. The van der Waals surface area contributed by atoms with Crippen LogP contribution in [-0.4, -0.2) is 33.7 Å². The zero-order chi connectivity index (χ0) is 16.4. The summed E-state index contributed by atoms with van der Waals surface area (Å²) in [5, 5.41) is 21.2. The zero-order valence-corrected chi connectivity index (χ0v) is 12.3. The Balaban J connectivity index is 2.14. The molecule has 3 rings (SSSR count). The first kappa shape index (κ1) is 15.2. The van der Waals surface area contributed by atoms with Crippen LogP contribution in [0.15, 0.2) is 36.5 Å². The van der Waals surface area contributed by atoms with E-state index in [1.54, 1.807) is 18.3 Å². The molecule has 0 spiro atoms. The summed E-state index contributed by atoms with van der Waals surface area (Å²) in [5.41, 5.74) is 2.63. The largest absolute Gasteiger partial charge is 0.478 e. The number of carbonyl (C=O) groups is 2. The summed E-state index contributed by atoms with van der Waals surface area (Å²) in [7, 11) is 0. The van der Waals surface area contributed by atoms with E-state index < -0.39 is 5.97 Å². The lowest BCUT2D eigenvalue weighted by Crippen LogP contribution is -2.25. The van der Waals surface area contributed by atoms with E-state index in [1.807, 2.05) is 12.1 Å². The van der Waals surface area contributed by atoms with Crippen LogP contribution >= 0.6 is 0 Å². The molecule has 6 nitrogen and oxygen atoms in total. The Kier molecular flexibility index (Phi) is 4.08. The van der Waals surface area contributed by atoms with Crippen LogP contribution in [0.4, 0.5) is 5.82 Å². The topological polar surface area (TPSA) is 99.5 Å². The molecule has 0 bridgehead atoms. The fourth-order valence-electron chi connectivity index (χ4n) is 2.97. The maximum atomic E-state index is 11.8. The van der Waals surface area contributed by atoms with Crippen molar-refractivity contribution in [2.75, 3.05) is 11.9 Å². The van der Waals surface area contributed by atoms with Gasteiger partial charge in [0.15, 0.2) is 0 Å². The van der Waals surface area contributed by atoms with Crippen LogP contribution in [0.1, 0.15) is 34.7 Å². The van der Waals surface area contributed by atoms with Crippen molar-refractivity contribution in [3.63, 3.8) is 0 Å². The molecule has 23 heavy (non-hydrogen) atoms. The first-order chi connectivity index (χ1) is 11.1. The van der Waals surface area contributed by atoms with Gasteiger partial charge in [0.2, 0.25) is 5.91 Å². The third kappa shape index (κ3) is 2.93. The summed E-state index contributed by atoms with van der Waals surface area (Å²) in [6, 6.07) is 8.46. The first-order valence-electron chi connectivity index (χ1n) is 7.33. The van der Waals surface area contributed by atoms with Crippen LogP contribution in [-0.2, 0) is 4.79 Å². The number of carboxylic acids is 1. The fourth-order valence-corrected chi connectivity index (χ4v) is 2.97. The van der Waals surface area contributed by atoms with Crippen molar-refractivity contribution < 1.29 is 19.8 Å². The predicted molar refractivity (Wildman–Crippen MR) is 84.3 cm³/mol. The number of rotatable bonds is 4. The number of aromatic nitrogens is 1. The molecule has 0 saturated carbocycles. The number of fused-ring (bicyclic) bond motifs is 1. The van der Waals surface area contributed by atoms with Gasteiger partial charge < -0.3 is 15.5 Å². The number of benzene rings is 1. The van der Waals surface area contributed by atoms with E-state index in [2.05, 4.69) is 10.3 Å². The molecule has 0 saturated heterocycles. The number of carbonyl (C=O) groups excluding carboxylic acids is 1. The van der Waals surface area contributed by atoms with Crippen molar-refractivity contribution >= 4 is 17.7 Å². The minimum atomic E-state index is -0.991. The standard InChI is InChI=1S/C17H16N2O4/c20-7-5-11-9-14(21)19-16-15(11)13(4-6-18-16)10-2-1-3-12(8-10)17(22)23/h1-4,6,8,11,20H,5,7,9H2,(H,22,23)(H,18,19,21). The summed E-state index contributed by atoms with van der Waals surface area (Å²) in [6.45, 7) is -0.0269. The molecule has 1 atom stereocenters. The molecule has 1 unspecified atom stereocenters. The Morgan fingerprint density at radius 3 is 2.91 bits per heavy atom. The minimum Gasteiger partial charge on any atom is -0.478 e. The molecule has 1 aliphatic heterocycles.